The average molecular weight is 589 g/mol. The molecular weight excluding hydrogens is 528 g/mol. The van der Waals surface area contributed by atoms with E-state index in [1.54, 1.807) is 0 Å². The molecule has 4 N–H and O–H groups in total. The number of carbonyl (C=O) groups is 3. The van der Waals surface area contributed by atoms with Crippen molar-refractivity contribution >= 4 is 17.8 Å². The molecule has 0 aromatic heterocycles. The Morgan fingerprint density at radius 3 is 2.05 bits per heavy atom. The Morgan fingerprint density at radius 2 is 1.36 bits per heavy atom. The molecule has 0 radical (unpaired) electrons. The Hall–Kier alpha value is -2.67. The zero-order chi connectivity index (χ0) is 31.1. The van der Waals surface area contributed by atoms with Crippen LogP contribution in [-0.2, 0) is 19.1 Å². The van der Waals surface area contributed by atoms with Crippen LogP contribution in [0.15, 0.2) is 48.6 Å². The van der Waals surface area contributed by atoms with Crippen molar-refractivity contribution in [2.75, 3.05) is 6.54 Å². The van der Waals surface area contributed by atoms with Gasteiger partial charge in [0.1, 0.15) is 12.1 Å². The lowest BCUT2D eigenvalue weighted by molar-refractivity contribution is -0.145. The van der Waals surface area contributed by atoms with E-state index in [-0.39, 0.29) is 18.0 Å². The smallest absolute Gasteiger partial charge is 0.326 e. The SMILES string of the molecule is CC/C=C\C/C=C\C(/C=C\CCCCCC(=O)NC(CCCN)C(=O)O)OC(=O)CCCCCCC/C=C\CCCC. The predicted octanol–water partition coefficient (Wildman–Crippen LogP) is 8.10. The van der Waals surface area contributed by atoms with Crippen LogP contribution in [0.5, 0.6) is 0 Å². The van der Waals surface area contributed by atoms with Gasteiger partial charge in [-0.05, 0) is 89.3 Å². The van der Waals surface area contributed by atoms with Gasteiger partial charge in [-0.3, -0.25) is 9.59 Å². The molecule has 0 spiro atoms. The summed E-state index contributed by atoms with van der Waals surface area (Å²) >= 11 is 0. The summed E-state index contributed by atoms with van der Waals surface area (Å²) < 4.78 is 5.74. The largest absolute Gasteiger partial charge is 0.480 e. The molecular formula is C35H60N2O5. The number of esters is 1. The van der Waals surface area contributed by atoms with E-state index in [0.29, 0.717) is 38.6 Å². The number of carboxylic acid groups (broad SMARTS) is 1. The highest BCUT2D eigenvalue weighted by Crippen LogP contribution is 2.11. The Labute approximate surface area is 256 Å². The number of carboxylic acids is 1. The molecule has 7 heteroatoms. The van der Waals surface area contributed by atoms with Gasteiger partial charge in [0.15, 0.2) is 0 Å². The Bertz CT molecular complexity index is 803. The maximum atomic E-state index is 12.5. The molecule has 0 aliphatic carbocycles. The van der Waals surface area contributed by atoms with Crippen molar-refractivity contribution in [2.45, 2.75) is 148 Å². The summed E-state index contributed by atoms with van der Waals surface area (Å²) in [6.45, 7) is 4.72. The molecule has 2 unspecified atom stereocenters. The maximum absolute atomic E-state index is 12.5. The van der Waals surface area contributed by atoms with E-state index in [0.717, 1.165) is 57.8 Å². The highest BCUT2D eigenvalue weighted by atomic mass is 16.5. The summed E-state index contributed by atoms with van der Waals surface area (Å²) in [5, 5.41) is 11.8. The van der Waals surface area contributed by atoms with E-state index >= 15 is 0 Å². The quantitative estimate of drug-likeness (QED) is 0.0483. The standard InChI is InChI=1S/C35H60N2O5/c1-3-5-7-9-10-11-12-13-14-19-23-29-34(39)42-31(25-20-16-8-6-4-2)26-21-17-15-18-22-28-33(38)37-32(35(40)41)27-24-30-36/h6,8-10,20-21,25-26,31-32H,3-5,7,11-19,22-24,27-30,36H2,1-2H3,(H,37,38)(H,40,41)/b8-6-,10-9-,25-20-,26-21-. The summed E-state index contributed by atoms with van der Waals surface area (Å²) in [4.78, 5) is 35.8. The molecule has 0 fully saturated rings. The van der Waals surface area contributed by atoms with Crippen molar-refractivity contribution in [3.8, 4) is 0 Å². The number of rotatable bonds is 28. The lowest BCUT2D eigenvalue weighted by Gasteiger charge is -2.13. The molecule has 0 saturated heterocycles. The maximum Gasteiger partial charge on any atom is 0.326 e. The van der Waals surface area contributed by atoms with Crippen molar-refractivity contribution < 1.29 is 24.2 Å². The minimum Gasteiger partial charge on any atom is -0.480 e. The first-order valence-corrected chi connectivity index (χ1v) is 16.5. The van der Waals surface area contributed by atoms with E-state index in [2.05, 4.69) is 43.5 Å². The number of carbonyl (C=O) groups excluding carboxylic acids is 2. The fourth-order valence-corrected chi connectivity index (χ4v) is 4.33. The number of hydrogen-bond acceptors (Lipinski definition) is 5. The van der Waals surface area contributed by atoms with E-state index < -0.39 is 12.0 Å². The fraction of sp³-hybridized carbons (Fsp3) is 0.686. The molecule has 0 saturated carbocycles. The van der Waals surface area contributed by atoms with E-state index in [1.165, 1.54) is 32.1 Å². The first-order valence-electron chi connectivity index (χ1n) is 16.5. The van der Waals surface area contributed by atoms with Gasteiger partial charge in [-0.1, -0.05) is 88.8 Å². The third-order valence-corrected chi connectivity index (χ3v) is 6.84. The van der Waals surface area contributed by atoms with Crippen LogP contribution in [0.4, 0.5) is 0 Å². The van der Waals surface area contributed by atoms with E-state index in [1.807, 2.05) is 24.3 Å². The second-order valence-electron chi connectivity index (χ2n) is 10.8. The Morgan fingerprint density at radius 1 is 0.738 bits per heavy atom. The molecule has 0 bridgehead atoms. The normalized spacial score (nSPS) is 13.4. The summed E-state index contributed by atoms with van der Waals surface area (Å²) in [6, 6.07) is -0.873. The van der Waals surface area contributed by atoms with Gasteiger partial charge in [-0.2, -0.15) is 0 Å². The fourth-order valence-electron chi connectivity index (χ4n) is 4.33. The Kier molecular flexibility index (Phi) is 27.9. The molecule has 2 atom stereocenters. The first-order chi connectivity index (χ1) is 20.4. The van der Waals surface area contributed by atoms with Gasteiger partial charge >= 0.3 is 11.9 Å². The first kappa shape index (κ1) is 39.3. The van der Waals surface area contributed by atoms with Crippen molar-refractivity contribution in [1.29, 1.82) is 0 Å². The van der Waals surface area contributed by atoms with Gasteiger partial charge in [-0.15, -0.1) is 0 Å². The van der Waals surface area contributed by atoms with Crippen molar-refractivity contribution in [3.63, 3.8) is 0 Å². The zero-order valence-electron chi connectivity index (χ0n) is 26.6. The van der Waals surface area contributed by atoms with Gasteiger partial charge in [0, 0.05) is 12.8 Å². The number of unbranched alkanes of at least 4 members (excludes halogenated alkanes) is 10. The molecule has 0 aromatic rings. The highest BCUT2D eigenvalue weighted by Gasteiger charge is 2.18. The second kappa shape index (κ2) is 29.8. The molecule has 0 aliphatic rings. The zero-order valence-corrected chi connectivity index (χ0v) is 26.6. The number of hydrogen-bond donors (Lipinski definition) is 3. The summed E-state index contributed by atoms with van der Waals surface area (Å²) in [6.07, 6.45) is 33.5. The van der Waals surface area contributed by atoms with E-state index in [4.69, 9.17) is 10.5 Å². The minimum atomic E-state index is -1.02. The molecule has 1 amide bonds. The lowest BCUT2D eigenvalue weighted by Crippen LogP contribution is -2.40. The van der Waals surface area contributed by atoms with Gasteiger partial charge in [0.2, 0.25) is 5.91 Å². The van der Waals surface area contributed by atoms with Crippen LogP contribution >= 0.6 is 0 Å². The lowest BCUT2D eigenvalue weighted by atomic mass is 10.1. The van der Waals surface area contributed by atoms with Gasteiger partial charge < -0.3 is 20.9 Å². The highest BCUT2D eigenvalue weighted by molar-refractivity contribution is 5.83. The van der Waals surface area contributed by atoms with Crippen LogP contribution in [0, 0.1) is 0 Å². The topological polar surface area (TPSA) is 119 Å². The van der Waals surface area contributed by atoms with Gasteiger partial charge in [-0.25, -0.2) is 4.79 Å². The van der Waals surface area contributed by atoms with Gasteiger partial charge in [0.05, 0.1) is 0 Å². The van der Waals surface area contributed by atoms with Crippen LogP contribution < -0.4 is 11.1 Å². The molecule has 0 rings (SSSR count). The summed E-state index contributed by atoms with van der Waals surface area (Å²) in [5.41, 5.74) is 5.44. The molecule has 7 nitrogen and oxygen atoms in total. The second-order valence-corrected chi connectivity index (χ2v) is 10.8. The number of nitrogens with two attached hydrogens (primary N) is 1. The van der Waals surface area contributed by atoms with Crippen LogP contribution in [-0.4, -0.2) is 41.6 Å². The Balaban J connectivity index is 4.35. The van der Waals surface area contributed by atoms with Crippen LogP contribution in [0.3, 0.4) is 0 Å². The average Bonchev–Trinajstić information content (AvgIpc) is 2.97. The third kappa shape index (κ3) is 26.2. The minimum absolute atomic E-state index is 0.158. The number of aliphatic carboxylic acids is 1. The summed E-state index contributed by atoms with van der Waals surface area (Å²) in [5.74, 6) is -1.42. The number of amides is 1. The van der Waals surface area contributed by atoms with Gasteiger partial charge in [0.25, 0.3) is 0 Å². The van der Waals surface area contributed by atoms with Crippen LogP contribution in [0.25, 0.3) is 0 Å². The van der Waals surface area contributed by atoms with E-state index in [9.17, 15) is 19.5 Å². The number of allylic oxidation sites excluding steroid dienone is 6. The number of ether oxygens (including phenoxy) is 1. The monoisotopic (exact) mass is 588 g/mol. The van der Waals surface area contributed by atoms with Crippen molar-refractivity contribution in [3.05, 3.63) is 48.6 Å². The predicted molar refractivity (Wildman–Crippen MR) is 174 cm³/mol. The van der Waals surface area contributed by atoms with Crippen molar-refractivity contribution in [1.82, 2.24) is 5.32 Å². The van der Waals surface area contributed by atoms with Crippen molar-refractivity contribution in [2.24, 2.45) is 5.73 Å². The molecule has 240 valence electrons. The third-order valence-electron chi connectivity index (χ3n) is 6.84. The van der Waals surface area contributed by atoms with Crippen LogP contribution in [0.2, 0.25) is 0 Å². The molecule has 42 heavy (non-hydrogen) atoms. The summed E-state index contributed by atoms with van der Waals surface area (Å²) in [7, 11) is 0. The molecule has 0 aromatic carbocycles. The number of nitrogens with one attached hydrogen (secondary N) is 1. The van der Waals surface area contributed by atoms with Crippen LogP contribution in [0.1, 0.15) is 136 Å². The molecule has 0 aliphatic heterocycles. The molecule has 0 heterocycles.